The van der Waals surface area contributed by atoms with Crippen molar-refractivity contribution in [3.63, 3.8) is 0 Å². The number of fused-ring (bicyclic) bond motifs is 1. The molecule has 32 heavy (non-hydrogen) atoms. The zero-order valence-corrected chi connectivity index (χ0v) is 17.7. The highest BCUT2D eigenvalue weighted by atomic mass is 35.5. The molecule has 0 saturated heterocycles. The fourth-order valence-corrected chi connectivity index (χ4v) is 3.81. The average Bonchev–Trinajstić information content (AvgIpc) is 3.36. The SMILES string of the molecule is COc1ccccc1N1C(=O)C(Nc2ccc3c(c2)OCO3)=C(c2ccc(Cl)cc2)C1=O. The molecule has 0 unspecified atom stereocenters. The van der Waals surface area contributed by atoms with E-state index in [0.29, 0.717) is 39.2 Å². The molecule has 3 aromatic carbocycles. The molecule has 0 aliphatic carbocycles. The lowest BCUT2D eigenvalue weighted by Crippen LogP contribution is -2.32. The lowest BCUT2D eigenvalue weighted by molar-refractivity contribution is -0.120. The lowest BCUT2D eigenvalue weighted by Gasteiger charge is -2.18. The molecule has 2 heterocycles. The second-order valence-electron chi connectivity index (χ2n) is 7.07. The number of benzene rings is 3. The minimum atomic E-state index is -0.498. The topological polar surface area (TPSA) is 77.1 Å². The van der Waals surface area contributed by atoms with E-state index < -0.39 is 11.8 Å². The summed E-state index contributed by atoms with van der Waals surface area (Å²) in [6, 6.07) is 18.8. The first-order chi connectivity index (χ1) is 15.6. The summed E-state index contributed by atoms with van der Waals surface area (Å²) in [4.78, 5) is 28.2. The molecule has 8 heteroatoms. The van der Waals surface area contributed by atoms with Crippen LogP contribution in [0.5, 0.6) is 17.2 Å². The van der Waals surface area contributed by atoms with Crippen molar-refractivity contribution in [3.8, 4) is 17.2 Å². The molecule has 2 aliphatic heterocycles. The predicted octanol–water partition coefficient (Wildman–Crippen LogP) is 4.47. The fraction of sp³-hybridized carbons (Fsp3) is 0.0833. The molecule has 3 aromatic rings. The molecule has 1 N–H and O–H groups in total. The summed E-state index contributed by atoms with van der Waals surface area (Å²) in [5.74, 6) is 0.620. The Morgan fingerprint density at radius 2 is 1.69 bits per heavy atom. The minimum Gasteiger partial charge on any atom is -0.495 e. The van der Waals surface area contributed by atoms with Gasteiger partial charge in [-0.2, -0.15) is 0 Å². The van der Waals surface area contributed by atoms with Crippen LogP contribution in [0.25, 0.3) is 5.57 Å². The fourth-order valence-electron chi connectivity index (χ4n) is 3.68. The Kier molecular flexibility index (Phi) is 4.95. The number of ether oxygens (including phenoxy) is 3. The molecule has 5 rings (SSSR count). The number of nitrogens with one attached hydrogen (secondary N) is 1. The van der Waals surface area contributed by atoms with E-state index in [1.54, 1.807) is 66.7 Å². The molecule has 0 aromatic heterocycles. The Labute approximate surface area is 188 Å². The van der Waals surface area contributed by atoms with Crippen LogP contribution in [-0.2, 0) is 9.59 Å². The van der Waals surface area contributed by atoms with Crippen LogP contribution in [0.4, 0.5) is 11.4 Å². The largest absolute Gasteiger partial charge is 0.495 e. The van der Waals surface area contributed by atoms with Crippen LogP contribution in [0.3, 0.4) is 0 Å². The molecule has 2 amide bonds. The number of hydrogen-bond acceptors (Lipinski definition) is 6. The smallest absolute Gasteiger partial charge is 0.282 e. The molecule has 0 bridgehead atoms. The molecule has 2 aliphatic rings. The summed E-state index contributed by atoms with van der Waals surface area (Å²) in [5, 5.41) is 3.64. The van der Waals surface area contributed by atoms with Crippen molar-refractivity contribution in [2.24, 2.45) is 0 Å². The second kappa shape index (κ2) is 7.94. The van der Waals surface area contributed by atoms with Crippen molar-refractivity contribution in [2.45, 2.75) is 0 Å². The van der Waals surface area contributed by atoms with Gasteiger partial charge in [-0.1, -0.05) is 35.9 Å². The van der Waals surface area contributed by atoms with Crippen LogP contribution in [0.15, 0.2) is 72.4 Å². The first-order valence-corrected chi connectivity index (χ1v) is 10.1. The van der Waals surface area contributed by atoms with Crippen LogP contribution in [0.2, 0.25) is 5.02 Å². The summed E-state index contributed by atoms with van der Waals surface area (Å²) in [6.45, 7) is 0.135. The van der Waals surface area contributed by atoms with Crippen molar-refractivity contribution >= 4 is 40.4 Å². The van der Waals surface area contributed by atoms with E-state index in [1.165, 1.54) is 7.11 Å². The molecular weight excluding hydrogens is 432 g/mol. The van der Waals surface area contributed by atoms with Gasteiger partial charge in [-0.05, 0) is 42.0 Å². The van der Waals surface area contributed by atoms with Gasteiger partial charge in [0.25, 0.3) is 11.8 Å². The van der Waals surface area contributed by atoms with Crippen LogP contribution in [0.1, 0.15) is 5.56 Å². The first kappa shape index (κ1) is 20.0. The Morgan fingerprint density at radius 3 is 2.47 bits per heavy atom. The van der Waals surface area contributed by atoms with E-state index >= 15 is 0 Å². The van der Waals surface area contributed by atoms with Crippen molar-refractivity contribution in [1.82, 2.24) is 0 Å². The average molecular weight is 449 g/mol. The Balaban J connectivity index is 1.61. The molecule has 0 radical (unpaired) electrons. The van der Waals surface area contributed by atoms with Crippen molar-refractivity contribution < 1.29 is 23.8 Å². The van der Waals surface area contributed by atoms with E-state index in [9.17, 15) is 9.59 Å². The number of para-hydroxylation sites is 2. The monoisotopic (exact) mass is 448 g/mol. The molecule has 0 spiro atoms. The number of carbonyl (C=O) groups excluding carboxylic acids is 2. The number of anilines is 2. The number of imide groups is 1. The summed E-state index contributed by atoms with van der Waals surface area (Å²) >= 11 is 6.03. The van der Waals surface area contributed by atoms with E-state index in [1.807, 2.05) is 0 Å². The van der Waals surface area contributed by atoms with Gasteiger partial charge in [0.15, 0.2) is 11.5 Å². The first-order valence-electron chi connectivity index (χ1n) is 9.75. The lowest BCUT2D eigenvalue weighted by atomic mass is 10.0. The van der Waals surface area contributed by atoms with Gasteiger partial charge in [-0.15, -0.1) is 0 Å². The molecule has 160 valence electrons. The van der Waals surface area contributed by atoms with E-state index in [4.69, 9.17) is 25.8 Å². The van der Waals surface area contributed by atoms with Gasteiger partial charge < -0.3 is 19.5 Å². The normalized spacial score (nSPS) is 14.9. The van der Waals surface area contributed by atoms with Crippen molar-refractivity contribution in [2.75, 3.05) is 24.1 Å². The van der Waals surface area contributed by atoms with Gasteiger partial charge in [-0.3, -0.25) is 9.59 Å². The van der Waals surface area contributed by atoms with Gasteiger partial charge in [0.1, 0.15) is 11.4 Å². The predicted molar refractivity (Wildman–Crippen MR) is 120 cm³/mol. The summed E-state index contributed by atoms with van der Waals surface area (Å²) in [5.41, 5.74) is 1.88. The van der Waals surface area contributed by atoms with Crippen molar-refractivity contribution in [1.29, 1.82) is 0 Å². The third-order valence-corrected chi connectivity index (χ3v) is 5.44. The molecule has 0 fully saturated rings. The van der Waals surface area contributed by atoms with E-state index in [2.05, 4.69) is 5.32 Å². The summed E-state index contributed by atoms with van der Waals surface area (Å²) < 4.78 is 16.2. The molecule has 0 saturated carbocycles. The highest BCUT2D eigenvalue weighted by Gasteiger charge is 2.41. The number of amides is 2. The van der Waals surface area contributed by atoms with Crippen LogP contribution >= 0.6 is 11.6 Å². The van der Waals surface area contributed by atoms with E-state index in [-0.39, 0.29) is 18.1 Å². The van der Waals surface area contributed by atoms with Crippen LogP contribution in [-0.4, -0.2) is 25.7 Å². The highest BCUT2D eigenvalue weighted by molar-refractivity contribution is 6.46. The molecule has 7 nitrogen and oxygen atoms in total. The maximum atomic E-state index is 13.5. The van der Waals surface area contributed by atoms with Crippen LogP contribution in [0, 0.1) is 0 Å². The van der Waals surface area contributed by atoms with Gasteiger partial charge in [-0.25, -0.2) is 4.90 Å². The summed E-state index contributed by atoms with van der Waals surface area (Å²) in [7, 11) is 1.49. The standard InChI is InChI=1S/C24H17ClN2O5/c1-30-18-5-3-2-4-17(18)27-23(28)21(14-6-8-15(25)9-7-14)22(24(27)29)26-16-10-11-19-20(12-16)32-13-31-19/h2-12,26H,13H2,1H3. The number of methoxy groups -OCH3 is 1. The quantitative estimate of drug-likeness (QED) is 0.580. The minimum absolute atomic E-state index is 0.135. The van der Waals surface area contributed by atoms with Crippen LogP contribution < -0.4 is 24.4 Å². The Hall–Kier alpha value is -3.97. The van der Waals surface area contributed by atoms with Gasteiger partial charge in [0.05, 0.1) is 18.4 Å². The highest BCUT2D eigenvalue weighted by Crippen LogP contribution is 2.39. The third kappa shape index (κ3) is 3.33. The Morgan fingerprint density at radius 1 is 0.938 bits per heavy atom. The van der Waals surface area contributed by atoms with Gasteiger partial charge in [0.2, 0.25) is 6.79 Å². The number of halogens is 1. The molecule has 0 atom stereocenters. The summed E-state index contributed by atoms with van der Waals surface area (Å²) in [6.07, 6.45) is 0. The van der Waals surface area contributed by atoms with Crippen molar-refractivity contribution in [3.05, 3.63) is 83.0 Å². The van der Waals surface area contributed by atoms with E-state index in [0.717, 1.165) is 4.90 Å². The molecular formula is C24H17ClN2O5. The number of carbonyl (C=O) groups is 2. The second-order valence-corrected chi connectivity index (χ2v) is 7.50. The Bertz CT molecular complexity index is 1270. The van der Waals surface area contributed by atoms with Gasteiger partial charge >= 0.3 is 0 Å². The van der Waals surface area contributed by atoms with Gasteiger partial charge in [0, 0.05) is 16.8 Å². The zero-order valence-electron chi connectivity index (χ0n) is 16.9. The third-order valence-electron chi connectivity index (χ3n) is 5.18. The maximum Gasteiger partial charge on any atom is 0.282 e. The maximum absolute atomic E-state index is 13.5. The number of nitrogens with zero attached hydrogens (tertiary/aromatic N) is 1. The number of hydrogen-bond donors (Lipinski definition) is 1. The zero-order chi connectivity index (χ0) is 22.2. The number of rotatable bonds is 5.